The molecule has 0 amide bonds. The third-order valence-electron chi connectivity index (χ3n) is 4.99. The van der Waals surface area contributed by atoms with Gasteiger partial charge < -0.3 is 15.0 Å². The minimum Gasteiger partial charge on any atom is -0.496 e. The molecule has 0 aliphatic heterocycles. The molecular weight excluding hydrogens is 421 g/mol. The van der Waals surface area contributed by atoms with Crippen molar-refractivity contribution < 1.29 is 17.5 Å². The number of aromatic nitrogens is 3. The Hall–Kier alpha value is -3.66. The molecule has 8 nitrogen and oxygen atoms in total. The lowest BCUT2D eigenvalue weighted by molar-refractivity contribution is 0.411. The number of methoxy groups -OCH3 is 1. The first kappa shape index (κ1) is 20.6. The standard InChI is InChI=1S/C21H20FN5O3S/c1-12-9-13(7-8-17(12)30-3)31(28,29)26-16-6-4-5-14(19(16)22)15-10-27(2)21-18(15)20(23)24-11-25-21/h4-11,26H,1-3H3,(H2,23,24,25). The fraction of sp³-hybridized carbons (Fsp3) is 0.143. The molecule has 0 aliphatic rings. The zero-order valence-corrected chi connectivity index (χ0v) is 17.9. The first-order chi connectivity index (χ1) is 14.7. The van der Waals surface area contributed by atoms with E-state index >= 15 is 4.39 Å². The number of hydrogen-bond donors (Lipinski definition) is 2. The van der Waals surface area contributed by atoms with Crippen LogP contribution in [0.2, 0.25) is 0 Å². The smallest absolute Gasteiger partial charge is 0.262 e. The molecule has 2 aromatic carbocycles. The van der Waals surface area contributed by atoms with Gasteiger partial charge in [0.05, 0.1) is 23.1 Å². The Morgan fingerprint density at radius 2 is 1.94 bits per heavy atom. The third kappa shape index (κ3) is 3.55. The largest absolute Gasteiger partial charge is 0.496 e. The number of fused-ring (bicyclic) bond motifs is 1. The van der Waals surface area contributed by atoms with Crippen molar-refractivity contribution >= 4 is 32.6 Å². The van der Waals surface area contributed by atoms with Gasteiger partial charge in [0, 0.05) is 24.4 Å². The van der Waals surface area contributed by atoms with Gasteiger partial charge in [-0.1, -0.05) is 12.1 Å². The summed E-state index contributed by atoms with van der Waals surface area (Å²) in [6.45, 7) is 1.73. The molecule has 0 atom stereocenters. The van der Waals surface area contributed by atoms with Crippen molar-refractivity contribution in [1.82, 2.24) is 14.5 Å². The van der Waals surface area contributed by atoms with Crippen LogP contribution in [0.5, 0.6) is 5.75 Å². The number of benzene rings is 2. The number of nitrogen functional groups attached to an aromatic ring is 1. The lowest BCUT2D eigenvalue weighted by atomic mass is 10.0. The van der Waals surface area contributed by atoms with Gasteiger partial charge in [-0.2, -0.15) is 0 Å². The lowest BCUT2D eigenvalue weighted by Crippen LogP contribution is -2.14. The van der Waals surface area contributed by atoms with E-state index in [9.17, 15) is 8.42 Å². The molecule has 0 bridgehead atoms. The predicted molar refractivity (Wildman–Crippen MR) is 117 cm³/mol. The zero-order valence-electron chi connectivity index (χ0n) is 17.0. The Morgan fingerprint density at radius 1 is 1.16 bits per heavy atom. The summed E-state index contributed by atoms with van der Waals surface area (Å²) in [5, 5.41) is 0.495. The number of rotatable bonds is 5. The molecule has 0 spiro atoms. The van der Waals surface area contributed by atoms with E-state index < -0.39 is 15.8 Å². The highest BCUT2D eigenvalue weighted by atomic mass is 32.2. The Morgan fingerprint density at radius 3 is 2.65 bits per heavy atom. The molecule has 4 aromatic rings. The topological polar surface area (TPSA) is 112 Å². The summed E-state index contributed by atoms with van der Waals surface area (Å²) in [7, 11) is -0.768. The highest BCUT2D eigenvalue weighted by Gasteiger charge is 2.21. The summed E-state index contributed by atoms with van der Waals surface area (Å²) in [4.78, 5) is 8.18. The van der Waals surface area contributed by atoms with E-state index in [0.29, 0.717) is 27.9 Å². The van der Waals surface area contributed by atoms with E-state index in [0.717, 1.165) is 0 Å². The number of anilines is 2. The van der Waals surface area contributed by atoms with Crippen LogP contribution in [-0.2, 0) is 17.1 Å². The van der Waals surface area contributed by atoms with Gasteiger partial charge in [0.2, 0.25) is 0 Å². The number of hydrogen-bond acceptors (Lipinski definition) is 6. The summed E-state index contributed by atoms with van der Waals surface area (Å²) >= 11 is 0. The Bertz CT molecular complexity index is 1420. The van der Waals surface area contributed by atoms with Crippen molar-refractivity contribution in [1.29, 1.82) is 0 Å². The lowest BCUT2D eigenvalue weighted by Gasteiger charge is -2.13. The summed E-state index contributed by atoms with van der Waals surface area (Å²) in [6, 6.07) is 8.89. The van der Waals surface area contributed by atoms with Crippen molar-refractivity contribution in [2.24, 2.45) is 7.05 Å². The maximum Gasteiger partial charge on any atom is 0.262 e. The summed E-state index contributed by atoms with van der Waals surface area (Å²) in [6.07, 6.45) is 3.01. The van der Waals surface area contributed by atoms with Crippen LogP contribution in [0.3, 0.4) is 0 Å². The molecule has 0 unspecified atom stereocenters. The number of nitrogens with one attached hydrogen (secondary N) is 1. The second-order valence-electron chi connectivity index (χ2n) is 7.02. The first-order valence-electron chi connectivity index (χ1n) is 9.24. The molecule has 3 N–H and O–H groups in total. The fourth-order valence-electron chi connectivity index (χ4n) is 3.48. The van der Waals surface area contributed by atoms with Crippen LogP contribution in [0, 0.1) is 12.7 Å². The van der Waals surface area contributed by atoms with Crippen LogP contribution >= 0.6 is 0 Å². The summed E-state index contributed by atoms with van der Waals surface area (Å²) < 4.78 is 50.4. The summed E-state index contributed by atoms with van der Waals surface area (Å²) in [5.41, 5.74) is 7.65. The van der Waals surface area contributed by atoms with Gasteiger partial charge in [-0.25, -0.2) is 22.8 Å². The normalized spacial score (nSPS) is 11.6. The molecule has 0 aliphatic carbocycles. The zero-order chi connectivity index (χ0) is 22.3. The second-order valence-corrected chi connectivity index (χ2v) is 8.70. The Kier molecular flexibility index (Phi) is 5.02. The van der Waals surface area contributed by atoms with Crippen molar-refractivity contribution in [2.75, 3.05) is 17.6 Å². The number of nitrogens with zero attached hydrogens (tertiary/aromatic N) is 3. The van der Waals surface area contributed by atoms with Gasteiger partial charge in [-0.3, -0.25) is 4.72 Å². The number of sulfonamides is 1. The molecule has 2 aromatic heterocycles. The minimum atomic E-state index is -4.03. The monoisotopic (exact) mass is 441 g/mol. The van der Waals surface area contributed by atoms with Gasteiger partial charge in [-0.15, -0.1) is 0 Å². The van der Waals surface area contributed by atoms with E-state index in [1.165, 1.54) is 31.6 Å². The minimum absolute atomic E-state index is 0.00147. The highest BCUT2D eigenvalue weighted by Crippen LogP contribution is 2.36. The maximum atomic E-state index is 15.4. The molecule has 4 rings (SSSR count). The molecule has 2 heterocycles. The SMILES string of the molecule is COc1ccc(S(=O)(=O)Nc2cccc(-c3cn(C)c4ncnc(N)c34)c2F)cc1C. The van der Waals surface area contributed by atoms with Crippen molar-refractivity contribution in [2.45, 2.75) is 11.8 Å². The van der Waals surface area contributed by atoms with Crippen molar-refractivity contribution in [3.63, 3.8) is 0 Å². The van der Waals surface area contributed by atoms with Crippen LogP contribution < -0.4 is 15.2 Å². The van der Waals surface area contributed by atoms with Crippen LogP contribution in [0.4, 0.5) is 15.9 Å². The van der Waals surface area contributed by atoms with Gasteiger partial charge in [0.1, 0.15) is 23.5 Å². The van der Waals surface area contributed by atoms with Gasteiger partial charge in [-0.05, 0) is 36.8 Å². The summed E-state index contributed by atoms with van der Waals surface area (Å²) in [5.74, 6) is 0.0367. The molecule has 31 heavy (non-hydrogen) atoms. The fourth-order valence-corrected chi connectivity index (χ4v) is 4.62. The number of nitrogens with two attached hydrogens (primary N) is 1. The van der Waals surface area contributed by atoms with Crippen LogP contribution in [0.25, 0.3) is 22.2 Å². The predicted octanol–water partition coefficient (Wildman–Crippen LogP) is 3.47. The molecule has 0 fully saturated rings. The average Bonchev–Trinajstić information content (AvgIpc) is 3.07. The molecule has 0 saturated heterocycles. The Balaban J connectivity index is 1.78. The first-order valence-corrected chi connectivity index (χ1v) is 10.7. The van der Waals surface area contributed by atoms with E-state index in [1.807, 2.05) is 0 Å². The third-order valence-corrected chi connectivity index (χ3v) is 6.36. The quantitative estimate of drug-likeness (QED) is 0.490. The van der Waals surface area contributed by atoms with Gasteiger partial charge in [0.15, 0.2) is 5.82 Å². The van der Waals surface area contributed by atoms with E-state index in [1.54, 1.807) is 42.9 Å². The molecule has 0 radical (unpaired) electrons. The van der Waals surface area contributed by atoms with Crippen LogP contribution in [0.15, 0.2) is 53.8 Å². The highest BCUT2D eigenvalue weighted by molar-refractivity contribution is 7.92. The van der Waals surface area contributed by atoms with E-state index in [2.05, 4.69) is 14.7 Å². The van der Waals surface area contributed by atoms with Crippen molar-refractivity contribution in [3.05, 3.63) is 60.3 Å². The average molecular weight is 441 g/mol. The van der Waals surface area contributed by atoms with Crippen LogP contribution in [0.1, 0.15) is 5.56 Å². The molecule has 160 valence electrons. The number of ether oxygens (including phenoxy) is 1. The second kappa shape index (κ2) is 7.55. The molecular formula is C21H20FN5O3S. The van der Waals surface area contributed by atoms with Crippen molar-refractivity contribution in [3.8, 4) is 16.9 Å². The number of aryl methyl sites for hydroxylation is 2. The molecule has 0 saturated carbocycles. The van der Waals surface area contributed by atoms with Crippen LogP contribution in [-0.4, -0.2) is 30.1 Å². The number of halogens is 1. The van der Waals surface area contributed by atoms with Gasteiger partial charge in [0.25, 0.3) is 10.0 Å². The Labute approximate surface area is 178 Å². The van der Waals surface area contributed by atoms with Gasteiger partial charge >= 0.3 is 0 Å². The van der Waals surface area contributed by atoms with E-state index in [4.69, 9.17) is 10.5 Å². The molecule has 10 heteroatoms. The maximum absolute atomic E-state index is 15.4. The van der Waals surface area contributed by atoms with E-state index in [-0.39, 0.29) is 22.0 Å².